The first-order chi connectivity index (χ1) is 7.08. The van der Waals surface area contributed by atoms with E-state index in [9.17, 15) is 4.79 Å². The first-order valence-electron chi connectivity index (χ1n) is 4.88. The molecule has 0 fully saturated rings. The fourth-order valence-corrected chi connectivity index (χ4v) is 0.979. The van der Waals surface area contributed by atoms with Gasteiger partial charge in [0, 0.05) is 6.07 Å². The molecule has 0 aliphatic rings. The molecule has 0 spiro atoms. The highest BCUT2D eigenvalue weighted by atomic mass is 16.5. The lowest BCUT2D eigenvalue weighted by Gasteiger charge is -2.06. The number of hydrogen-bond donors (Lipinski definition) is 1. The van der Waals surface area contributed by atoms with Crippen molar-refractivity contribution in [2.24, 2.45) is 0 Å². The van der Waals surface area contributed by atoms with Crippen LogP contribution in [0.1, 0.15) is 25.3 Å². The number of nitrogens with zero attached hydrogens (tertiary/aromatic N) is 1. The van der Waals surface area contributed by atoms with Crippen molar-refractivity contribution < 1.29 is 14.1 Å². The van der Waals surface area contributed by atoms with Gasteiger partial charge >= 0.3 is 0 Å². The Hall–Kier alpha value is -1.36. The second kappa shape index (κ2) is 5.50. The van der Waals surface area contributed by atoms with Crippen LogP contribution in [-0.4, -0.2) is 23.8 Å². The Balaban J connectivity index is 2.22. The van der Waals surface area contributed by atoms with Crippen molar-refractivity contribution in [1.82, 2.24) is 10.5 Å². The lowest BCUT2D eigenvalue weighted by molar-refractivity contribution is -0.127. The molecule has 0 saturated heterocycles. The number of carbonyl (C=O) groups excluding carboxylic acids is 1. The van der Waals surface area contributed by atoms with Crippen LogP contribution in [0.4, 0.5) is 0 Å². The second-order valence-corrected chi connectivity index (χ2v) is 3.57. The number of hydrogen-bond acceptors (Lipinski definition) is 4. The van der Waals surface area contributed by atoms with Crippen molar-refractivity contribution in [2.45, 2.75) is 33.4 Å². The molecule has 5 heteroatoms. The molecule has 84 valence electrons. The van der Waals surface area contributed by atoms with Gasteiger partial charge in [0.2, 0.25) is 5.91 Å². The average Bonchev–Trinajstić information content (AvgIpc) is 2.58. The Morgan fingerprint density at radius 2 is 2.40 bits per heavy atom. The summed E-state index contributed by atoms with van der Waals surface area (Å²) >= 11 is 0. The van der Waals surface area contributed by atoms with Crippen molar-refractivity contribution in [3.8, 4) is 0 Å². The predicted octanol–water partition coefficient (Wildman–Crippen LogP) is 1.02. The molecule has 0 aliphatic carbocycles. The molecule has 0 radical (unpaired) electrons. The van der Waals surface area contributed by atoms with Gasteiger partial charge in [0.15, 0.2) is 5.76 Å². The van der Waals surface area contributed by atoms with Crippen molar-refractivity contribution in [3.05, 3.63) is 17.5 Å². The van der Waals surface area contributed by atoms with Gasteiger partial charge in [0.25, 0.3) is 0 Å². The van der Waals surface area contributed by atoms with Crippen LogP contribution < -0.4 is 5.32 Å². The van der Waals surface area contributed by atoms with Crippen LogP contribution in [0.15, 0.2) is 10.6 Å². The van der Waals surface area contributed by atoms with Gasteiger partial charge < -0.3 is 14.6 Å². The van der Waals surface area contributed by atoms with E-state index in [1.165, 1.54) is 0 Å². The lowest BCUT2D eigenvalue weighted by Crippen LogP contribution is -2.28. The second-order valence-electron chi connectivity index (χ2n) is 3.57. The van der Waals surface area contributed by atoms with Crippen LogP contribution in [-0.2, 0) is 16.1 Å². The number of carbonyl (C=O) groups is 1. The van der Waals surface area contributed by atoms with Gasteiger partial charge in [-0.2, -0.15) is 0 Å². The number of aromatic nitrogens is 1. The molecule has 1 amide bonds. The Morgan fingerprint density at radius 3 is 2.93 bits per heavy atom. The van der Waals surface area contributed by atoms with Crippen molar-refractivity contribution in [1.29, 1.82) is 0 Å². The minimum Gasteiger partial charge on any atom is -0.369 e. The molecule has 5 nitrogen and oxygen atoms in total. The summed E-state index contributed by atoms with van der Waals surface area (Å²) in [6.45, 7) is 6.02. The van der Waals surface area contributed by atoms with E-state index in [1.807, 2.05) is 20.8 Å². The molecule has 0 unspecified atom stereocenters. The van der Waals surface area contributed by atoms with Crippen LogP contribution >= 0.6 is 0 Å². The summed E-state index contributed by atoms with van der Waals surface area (Å²) in [5.74, 6) is 0.489. The lowest BCUT2D eigenvalue weighted by atomic mass is 10.4. The molecule has 0 atom stereocenters. The van der Waals surface area contributed by atoms with E-state index in [1.54, 1.807) is 6.07 Å². The first kappa shape index (κ1) is 11.7. The summed E-state index contributed by atoms with van der Waals surface area (Å²) < 4.78 is 10.1. The van der Waals surface area contributed by atoms with E-state index in [0.29, 0.717) is 12.3 Å². The van der Waals surface area contributed by atoms with Gasteiger partial charge in [-0.05, 0) is 20.8 Å². The number of aryl methyl sites for hydroxylation is 1. The minimum absolute atomic E-state index is 0.0586. The van der Waals surface area contributed by atoms with E-state index in [-0.39, 0.29) is 18.6 Å². The van der Waals surface area contributed by atoms with Crippen LogP contribution in [0.25, 0.3) is 0 Å². The maximum absolute atomic E-state index is 11.2. The van der Waals surface area contributed by atoms with E-state index in [0.717, 1.165) is 5.69 Å². The number of ether oxygens (including phenoxy) is 1. The van der Waals surface area contributed by atoms with Gasteiger partial charge in [0.1, 0.15) is 6.61 Å². The fourth-order valence-electron chi connectivity index (χ4n) is 0.979. The molecule has 0 aromatic carbocycles. The van der Waals surface area contributed by atoms with Crippen LogP contribution in [0.5, 0.6) is 0 Å². The third-order valence-corrected chi connectivity index (χ3v) is 1.68. The van der Waals surface area contributed by atoms with Gasteiger partial charge in [-0.15, -0.1) is 0 Å². The summed E-state index contributed by atoms with van der Waals surface area (Å²) in [5.41, 5.74) is 0.803. The Kier molecular flexibility index (Phi) is 4.30. The van der Waals surface area contributed by atoms with E-state index < -0.39 is 0 Å². The molecular formula is C10H16N2O3. The molecule has 15 heavy (non-hydrogen) atoms. The largest absolute Gasteiger partial charge is 0.369 e. The van der Waals surface area contributed by atoms with Crippen molar-refractivity contribution in [3.63, 3.8) is 0 Å². The summed E-state index contributed by atoms with van der Waals surface area (Å²) in [4.78, 5) is 11.2. The number of amides is 1. The number of rotatable bonds is 5. The third kappa shape index (κ3) is 4.60. The SMILES string of the molecule is Cc1cc(CNC(=O)COC(C)C)on1. The smallest absolute Gasteiger partial charge is 0.246 e. The normalized spacial score (nSPS) is 10.7. The summed E-state index contributed by atoms with van der Waals surface area (Å²) in [5, 5.41) is 6.38. The third-order valence-electron chi connectivity index (χ3n) is 1.68. The van der Waals surface area contributed by atoms with E-state index >= 15 is 0 Å². The maximum Gasteiger partial charge on any atom is 0.246 e. The Labute approximate surface area is 88.8 Å². The molecule has 1 N–H and O–H groups in total. The molecule has 1 aromatic rings. The average molecular weight is 212 g/mol. The van der Waals surface area contributed by atoms with Crippen LogP contribution in [0.3, 0.4) is 0 Å². The molecule has 1 heterocycles. The highest BCUT2D eigenvalue weighted by molar-refractivity contribution is 5.77. The molecule has 0 saturated carbocycles. The van der Waals surface area contributed by atoms with Crippen molar-refractivity contribution in [2.75, 3.05) is 6.61 Å². The van der Waals surface area contributed by atoms with Crippen LogP contribution in [0, 0.1) is 6.92 Å². The summed E-state index contributed by atoms with van der Waals surface area (Å²) in [6, 6.07) is 1.78. The van der Waals surface area contributed by atoms with E-state index in [4.69, 9.17) is 9.26 Å². The highest BCUT2D eigenvalue weighted by Gasteiger charge is 2.05. The molecule has 1 aromatic heterocycles. The molecule has 0 bridgehead atoms. The van der Waals surface area contributed by atoms with E-state index in [2.05, 4.69) is 10.5 Å². The zero-order valence-electron chi connectivity index (χ0n) is 9.24. The monoisotopic (exact) mass is 212 g/mol. The molecule has 1 rings (SSSR count). The standard InChI is InChI=1S/C10H16N2O3/c1-7(2)14-6-10(13)11-5-9-4-8(3)12-15-9/h4,7H,5-6H2,1-3H3,(H,11,13). The zero-order valence-corrected chi connectivity index (χ0v) is 9.24. The highest BCUT2D eigenvalue weighted by Crippen LogP contribution is 2.00. The molecule has 0 aliphatic heterocycles. The fraction of sp³-hybridized carbons (Fsp3) is 0.600. The number of nitrogens with one attached hydrogen (secondary N) is 1. The molecular weight excluding hydrogens is 196 g/mol. The summed E-state index contributed by atoms with van der Waals surface area (Å²) in [6.07, 6.45) is 0.0586. The summed E-state index contributed by atoms with van der Waals surface area (Å²) in [7, 11) is 0. The van der Waals surface area contributed by atoms with Gasteiger partial charge in [-0.3, -0.25) is 4.79 Å². The maximum atomic E-state index is 11.2. The Bertz CT molecular complexity index is 320. The zero-order chi connectivity index (χ0) is 11.3. The predicted molar refractivity (Wildman–Crippen MR) is 54.2 cm³/mol. The van der Waals surface area contributed by atoms with Gasteiger partial charge in [0.05, 0.1) is 18.3 Å². The Morgan fingerprint density at radius 1 is 1.67 bits per heavy atom. The van der Waals surface area contributed by atoms with Gasteiger partial charge in [-0.1, -0.05) is 5.16 Å². The van der Waals surface area contributed by atoms with Crippen molar-refractivity contribution >= 4 is 5.91 Å². The van der Waals surface area contributed by atoms with Gasteiger partial charge in [-0.25, -0.2) is 0 Å². The van der Waals surface area contributed by atoms with Crippen LogP contribution in [0.2, 0.25) is 0 Å². The quantitative estimate of drug-likeness (QED) is 0.791. The minimum atomic E-state index is -0.155. The topological polar surface area (TPSA) is 64.4 Å². The first-order valence-corrected chi connectivity index (χ1v) is 4.88.